The van der Waals surface area contributed by atoms with Gasteiger partial charge in [0.05, 0.1) is 19.2 Å². The van der Waals surface area contributed by atoms with E-state index in [1.807, 2.05) is 30.3 Å². The zero-order valence-corrected chi connectivity index (χ0v) is 15.6. The molecule has 0 atom stereocenters. The average Bonchev–Trinajstić information content (AvgIpc) is 2.90. The van der Waals surface area contributed by atoms with Crippen LogP contribution in [0.2, 0.25) is 0 Å². The Kier molecular flexibility index (Phi) is 4.92. The highest BCUT2D eigenvalue weighted by Gasteiger charge is 2.23. The van der Waals surface area contributed by atoms with Crippen LogP contribution in [0.25, 0.3) is 0 Å². The molecule has 0 N–H and O–H groups in total. The Bertz CT molecular complexity index is 1020. The van der Waals surface area contributed by atoms with Gasteiger partial charge in [-0.1, -0.05) is 30.3 Å². The number of rotatable bonds is 4. The van der Waals surface area contributed by atoms with E-state index in [9.17, 15) is 9.59 Å². The maximum Gasteiger partial charge on any atom is 0.346 e. The van der Waals surface area contributed by atoms with Gasteiger partial charge in [0.1, 0.15) is 5.82 Å². The third-order valence-corrected chi connectivity index (χ3v) is 4.85. The number of hydrogen-bond donors (Lipinski definition) is 0. The number of carbonyl (C=O) groups is 1. The molecule has 1 amide bonds. The molecule has 0 saturated heterocycles. The van der Waals surface area contributed by atoms with Crippen LogP contribution in [0, 0.1) is 0 Å². The van der Waals surface area contributed by atoms with E-state index in [-0.39, 0.29) is 11.6 Å². The van der Waals surface area contributed by atoms with Crippen molar-refractivity contribution in [2.45, 2.75) is 19.5 Å². The highest BCUT2D eigenvalue weighted by molar-refractivity contribution is 5.94. The fraction of sp³-hybridized carbons (Fsp3) is 0.300. The van der Waals surface area contributed by atoms with Crippen LogP contribution in [-0.2, 0) is 19.5 Å². The number of aromatic nitrogens is 4. The van der Waals surface area contributed by atoms with Crippen LogP contribution in [0.15, 0.2) is 53.5 Å². The minimum atomic E-state index is -0.140. The van der Waals surface area contributed by atoms with E-state index >= 15 is 0 Å². The van der Waals surface area contributed by atoms with E-state index in [0.717, 1.165) is 5.56 Å². The van der Waals surface area contributed by atoms with Crippen molar-refractivity contribution in [3.63, 3.8) is 0 Å². The first-order valence-corrected chi connectivity index (χ1v) is 9.15. The van der Waals surface area contributed by atoms with Gasteiger partial charge in [-0.2, -0.15) is 5.10 Å². The predicted molar refractivity (Wildman–Crippen MR) is 102 cm³/mol. The average molecular weight is 379 g/mol. The lowest BCUT2D eigenvalue weighted by atomic mass is 10.2. The number of ether oxygens (including phenoxy) is 1. The van der Waals surface area contributed by atoms with Gasteiger partial charge in [0.15, 0.2) is 0 Å². The summed E-state index contributed by atoms with van der Waals surface area (Å²) in [4.78, 5) is 31.3. The molecule has 0 spiro atoms. The van der Waals surface area contributed by atoms with Crippen LogP contribution < -0.4 is 10.4 Å². The van der Waals surface area contributed by atoms with Crippen molar-refractivity contribution in [2.24, 2.45) is 0 Å². The normalized spacial score (nSPS) is 13.7. The molecular weight excluding hydrogens is 358 g/mol. The lowest BCUT2D eigenvalue weighted by Gasteiger charge is -2.19. The SMILES string of the molecule is COc1ccc(C(=O)N2CCc3nn(Cc4ccccc4)c(=O)n3CC2)cn1. The number of hydrogen-bond acceptors (Lipinski definition) is 5. The zero-order chi connectivity index (χ0) is 19.5. The van der Waals surface area contributed by atoms with Crippen LogP contribution in [0.1, 0.15) is 21.7 Å². The number of pyridine rings is 1. The third-order valence-electron chi connectivity index (χ3n) is 4.85. The van der Waals surface area contributed by atoms with Gasteiger partial charge in [-0.25, -0.2) is 14.5 Å². The summed E-state index contributed by atoms with van der Waals surface area (Å²) in [5.74, 6) is 1.07. The molecule has 3 heterocycles. The summed E-state index contributed by atoms with van der Waals surface area (Å²) in [6.45, 7) is 1.83. The van der Waals surface area contributed by atoms with Crippen LogP contribution in [0.4, 0.5) is 0 Å². The lowest BCUT2D eigenvalue weighted by Crippen LogP contribution is -2.35. The molecule has 4 rings (SSSR count). The predicted octanol–water partition coefficient (Wildman–Crippen LogP) is 1.20. The summed E-state index contributed by atoms with van der Waals surface area (Å²) < 4.78 is 8.19. The van der Waals surface area contributed by atoms with Crippen molar-refractivity contribution in [3.05, 3.63) is 76.1 Å². The Morgan fingerprint density at radius 3 is 2.64 bits per heavy atom. The van der Waals surface area contributed by atoms with Gasteiger partial charge < -0.3 is 9.64 Å². The van der Waals surface area contributed by atoms with Crippen molar-refractivity contribution >= 4 is 5.91 Å². The second-order valence-corrected chi connectivity index (χ2v) is 6.63. The molecule has 0 unspecified atom stereocenters. The van der Waals surface area contributed by atoms with Crippen LogP contribution in [-0.4, -0.2) is 50.3 Å². The van der Waals surface area contributed by atoms with E-state index < -0.39 is 0 Å². The first kappa shape index (κ1) is 18.0. The summed E-state index contributed by atoms with van der Waals surface area (Å²) in [7, 11) is 1.53. The summed E-state index contributed by atoms with van der Waals surface area (Å²) in [6.07, 6.45) is 2.05. The molecular formula is C20H21N5O3. The highest BCUT2D eigenvalue weighted by atomic mass is 16.5. The van der Waals surface area contributed by atoms with Crippen LogP contribution in [0.3, 0.4) is 0 Å². The molecule has 0 radical (unpaired) electrons. The Labute approximate surface area is 162 Å². The number of carbonyl (C=O) groups excluding carboxylic acids is 1. The van der Waals surface area contributed by atoms with Gasteiger partial charge in [-0.05, 0) is 11.6 Å². The minimum Gasteiger partial charge on any atom is -0.481 e. The monoisotopic (exact) mass is 379 g/mol. The van der Waals surface area contributed by atoms with E-state index in [0.29, 0.717) is 49.9 Å². The summed E-state index contributed by atoms with van der Waals surface area (Å²) in [5, 5.41) is 4.50. The van der Waals surface area contributed by atoms with Gasteiger partial charge in [0.2, 0.25) is 5.88 Å². The number of amides is 1. The summed E-state index contributed by atoms with van der Waals surface area (Å²) in [6, 6.07) is 13.1. The van der Waals surface area contributed by atoms with E-state index in [1.54, 1.807) is 21.6 Å². The van der Waals surface area contributed by atoms with E-state index in [1.165, 1.54) is 18.0 Å². The molecule has 1 aliphatic heterocycles. The molecule has 3 aromatic rings. The van der Waals surface area contributed by atoms with Crippen molar-refractivity contribution in [2.75, 3.05) is 20.2 Å². The Balaban J connectivity index is 1.48. The quantitative estimate of drug-likeness (QED) is 0.680. The minimum absolute atomic E-state index is 0.106. The van der Waals surface area contributed by atoms with Crippen LogP contribution >= 0.6 is 0 Å². The molecule has 2 aromatic heterocycles. The molecule has 8 heteroatoms. The summed E-state index contributed by atoms with van der Waals surface area (Å²) >= 11 is 0. The van der Waals surface area contributed by atoms with E-state index in [4.69, 9.17) is 4.74 Å². The Morgan fingerprint density at radius 2 is 1.93 bits per heavy atom. The molecule has 144 valence electrons. The maximum absolute atomic E-state index is 12.8. The van der Waals surface area contributed by atoms with Gasteiger partial charge in [0.25, 0.3) is 5.91 Å². The Morgan fingerprint density at radius 1 is 1.11 bits per heavy atom. The Hall–Kier alpha value is -3.42. The lowest BCUT2D eigenvalue weighted by molar-refractivity contribution is 0.0758. The fourth-order valence-electron chi connectivity index (χ4n) is 3.34. The van der Waals surface area contributed by atoms with Gasteiger partial charge in [-0.3, -0.25) is 9.36 Å². The fourth-order valence-corrected chi connectivity index (χ4v) is 3.34. The molecule has 0 saturated carbocycles. The number of nitrogens with zero attached hydrogens (tertiary/aromatic N) is 5. The van der Waals surface area contributed by atoms with Gasteiger partial charge in [0, 0.05) is 38.3 Å². The van der Waals surface area contributed by atoms with Gasteiger partial charge >= 0.3 is 5.69 Å². The second-order valence-electron chi connectivity index (χ2n) is 6.63. The topological polar surface area (TPSA) is 82.3 Å². The van der Waals surface area contributed by atoms with Crippen molar-refractivity contribution < 1.29 is 9.53 Å². The maximum atomic E-state index is 12.8. The van der Waals surface area contributed by atoms with Crippen molar-refractivity contribution in [1.29, 1.82) is 0 Å². The van der Waals surface area contributed by atoms with E-state index in [2.05, 4.69) is 10.1 Å². The molecule has 28 heavy (non-hydrogen) atoms. The smallest absolute Gasteiger partial charge is 0.346 e. The highest BCUT2D eigenvalue weighted by Crippen LogP contribution is 2.12. The summed E-state index contributed by atoms with van der Waals surface area (Å²) in [5.41, 5.74) is 1.39. The first-order chi connectivity index (χ1) is 13.7. The van der Waals surface area contributed by atoms with Crippen LogP contribution in [0.5, 0.6) is 5.88 Å². The molecule has 0 fully saturated rings. The largest absolute Gasteiger partial charge is 0.481 e. The first-order valence-electron chi connectivity index (χ1n) is 9.15. The number of methoxy groups -OCH3 is 1. The molecule has 1 aliphatic rings. The standard InChI is InChI=1S/C20H21N5O3/c1-28-18-8-7-16(13-21-18)19(26)23-10-9-17-22-25(20(27)24(17)12-11-23)14-15-5-3-2-4-6-15/h2-8,13H,9-12,14H2,1H3. The number of benzene rings is 1. The molecule has 8 nitrogen and oxygen atoms in total. The number of fused-ring (bicyclic) bond motifs is 1. The second kappa shape index (κ2) is 7.67. The molecule has 0 aliphatic carbocycles. The van der Waals surface area contributed by atoms with Crippen molar-refractivity contribution in [1.82, 2.24) is 24.2 Å². The zero-order valence-electron chi connectivity index (χ0n) is 15.6. The van der Waals surface area contributed by atoms with Gasteiger partial charge in [-0.15, -0.1) is 0 Å². The van der Waals surface area contributed by atoms with Crippen molar-refractivity contribution in [3.8, 4) is 5.88 Å². The molecule has 0 bridgehead atoms. The third kappa shape index (κ3) is 3.53. The molecule has 1 aromatic carbocycles.